The van der Waals surface area contributed by atoms with Gasteiger partial charge in [-0.25, -0.2) is 9.78 Å². The van der Waals surface area contributed by atoms with Gasteiger partial charge in [0.15, 0.2) is 0 Å². The molecule has 9 nitrogen and oxygen atoms in total. The van der Waals surface area contributed by atoms with Gasteiger partial charge in [0, 0.05) is 37.2 Å². The van der Waals surface area contributed by atoms with Crippen molar-refractivity contribution >= 4 is 17.8 Å². The minimum Gasteiger partial charge on any atom is -0.341 e. The zero-order valence-electron chi connectivity index (χ0n) is 16.3. The van der Waals surface area contributed by atoms with Crippen LogP contribution in [0.4, 0.5) is 4.79 Å². The molecule has 1 aromatic rings. The predicted octanol–water partition coefficient (Wildman–Crippen LogP) is 0.538. The standard InChI is InChI=1S/C20H25N5O4/c26-17-9-16(13-1-2-13)21-12-23(17)10-18(27)22-7-5-14(6-8-22)24-11-19(28)25(20(24)29)15-3-4-15/h9,12-15H,1-8,10-11H2. The second kappa shape index (κ2) is 6.96. The number of hydrogen-bond donors (Lipinski definition) is 0. The maximum absolute atomic E-state index is 12.6. The number of aromatic nitrogens is 2. The molecule has 0 aromatic carbocycles. The Bertz CT molecular complexity index is 912. The summed E-state index contributed by atoms with van der Waals surface area (Å²) >= 11 is 0. The van der Waals surface area contributed by atoms with Crippen molar-refractivity contribution in [1.29, 1.82) is 0 Å². The van der Waals surface area contributed by atoms with E-state index in [1.54, 1.807) is 15.9 Å². The Hall–Kier alpha value is -2.71. The molecule has 0 bridgehead atoms. The number of carbonyl (C=O) groups is 3. The molecule has 1 aromatic heterocycles. The predicted molar refractivity (Wildman–Crippen MR) is 102 cm³/mol. The van der Waals surface area contributed by atoms with Gasteiger partial charge < -0.3 is 9.80 Å². The lowest BCUT2D eigenvalue weighted by Crippen LogP contribution is -2.49. The third-order valence-electron chi connectivity index (χ3n) is 6.40. The molecule has 4 aliphatic rings. The van der Waals surface area contributed by atoms with Gasteiger partial charge in [0.1, 0.15) is 13.1 Å². The molecule has 3 heterocycles. The highest BCUT2D eigenvalue weighted by Crippen LogP contribution is 2.38. The molecule has 29 heavy (non-hydrogen) atoms. The van der Waals surface area contributed by atoms with Gasteiger partial charge in [-0.15, -0.1) is 0 Å². The Morgan fingerprint density at radius 2 is 1.72 bits per heavy atom. The molecule has 0 radical (unpaired) electrons. The maximum Gasteiger partial charge on any atom is 0.327 e. The van der Waals surface area contributed by atoms with Gasteiger partial charge in [-0.1, -0.05) is 0 Å². The number of carbonyl (C=O) groups excluding carboxylic acids is 3. The fourth-order valence-electron chi connectivity index (χ4n) is 4.35. The van der Waals surface area contributed by atoms with E-state index in [1.165, 1.54) is 15.8 Å². The molecule has 154 valence electrons. The second-order valence-electron chi connectivity index (χ2n) is 8.57. The molecule has 0 spiro atoms. The Labute approximate surface area is 168 Å². The van der Waals surface area contributed by atoms with Gasteiger partial charge in [0.05, 0.1) is 12.0 Å². The summed E-state index contributed by atoms with van der Waals surface area (Å²) in [6, 6.07) is 1.45. The minimum atomic E-state index is -0.188. The summed E-state index contributed by atoms with van der Waals surface area (Å²) < 4.78 is 1.36. The van der Waals surface area contributed by atoms with Crippen molar-refractivity contribution in [2.45, 2.75) is 63.1 Å². The third-order valence-corrected chi connectivity index (χ3v) is 6.40. The van der Waals surface area contributed by atoms with Crippen LogP contribution in [0.5, 0.6) is 0 Å². The van der Waals surface area contributed by atoms with Gasteiger partial charge in [-0.05, 0) is 38.5 Å². The van der Waals surface area contributed by atoms with E-state index in [0.717, 1.165) is 31.4 Å². The van der Waals surface area contributed by atoms with Crippen LogP contribution >= 0.6 is 0 Å². The number of rotatable bonds is 5. The first kappa shape index (κ1) is 18.3. The normalized spacial score (nSPS) is 23.2. The van der Waals surface area contributed by atoms with Crippen molar-refractivity contribution in [1.82, 2.24) is 24.3 Å². The van der Waals surface area contributed by atoms with E-state index in [2.05, 4.69) is 4.98 Å². The largest absolute Gasteiger partial charge is 0.341 e. The highest BCUT2D eigenvalue weighted by Gasteiger charge is 2.47. The van der Waals surface area contributed by atoms with Crippen molar-refractivity contribution in [3.63, 3.8) is 0 Å². The third kappa shape index (κ3) is 3.54. The molecule has 4 amide bonds. The van der Waals surface area contributed by atoms with Gasteiger partial charge in [-0.3, -0.25) is 23.9 Å². The number of urea groups is 1. The first-order valence-corrected chi connectivity index (χ1v) is 10.5. The number of imide groups is 1. The van der Waals surface area contributed by atoms with Crippen molar-refractivity contribution in [2.75, 3.05) is 19.6 Å². The first-order valence-electron chi connectivity index (χ1n) is 10.5. The van der Waals surface area contributed by atoms with Crippen LogP contribution in [0.1, 0.15) is 50.1 Å². The molecular formula is C20H25N5O4. The molecule has 2 saturated heterocycles. The Balaban J connectivity index is 1.16. The quantitative estimate of drug-likeness (QED) is 0.674. The van der Waals surface area contributed by atoms with Crippen molar-refractivity contribution in [3.05, 3.63) is 28.4 Å². The highest BCUT2D eigenvalue weighted by molar-refractivity contribution is 6.02. The molecule has 5 rings (SSSR count). The molecule has 0 unspecified atom stereocenters. The van der Waals surface area contributed by atoms with Crippen LogP contribution in [0.2, 0.25) is 0 Å². The topological polar surface area (TPSA) is 95.8 Å². The van der Waals surface area contributed by atoms with Crippen LogP contribution in [0.25, 0.3) is 0 Å². The van der Waals surface area contributed by atoms with Gasteiger partial charge in [0.25, 0.3) is 11.5 Å². The summed E-state index contributed by atoms with van der Waals surface area (Å²) in [6.07, 6.45) is 6.75. The van der Waals surface area contributed by atoms with Crippen LogP contribution in [0.3, 0.4) is 0 Å². The Morgan fingerprint density at radius 3 is 2.34 bits per heavy atom. The highest BCUT2D eigenvalue weighted by atomic mass is 16.2. The summed E-state index contributed by atoms with van der Waals surface area (Å²) in [5, 5.41) is 0. The van der Waals surface area contributed by atoms with E-state index in [9.17, 15) is 19.2 Å². The number of amides is 4. The monoisotopic (exact) mass is 399 g/mol. The molecule has 0 atom stereocenters. The fourth-order valence-corrected chi connectivity index (χ4v) is 4.35. The van der Waals surface area contributed by atoms with E-state index in [4.69, 9.17) is 0 Å². The van der Waals surface area contributed by atoms with Crippen LogP contribution in [0.15, 0.2) is 17.2 Å². The SMILES string of the molecule is O=C(Cn1cnc(C2CC2)cc1=O)N1CCC(N2CC(=O)N(C3CC3)C2=O)CC1. The average Bonchev–Trinajstić information content (AvgIpc) is 3.62. The van der Waals surface area contributed by atoms with Crippen LogP contribution in [0, 0.1) is 0 Å². The van der Waals surface area contributed by atoms with Crippen LogP contribution < -0.4 is 5.56 Å². The maximum atomic E-state index is 12.6. The first-order chi connectivity index (χ1) is 14.0. The average molecular weight is 399 g/mol. The van der Waals surface area contributed by atoms with Gasteiger partial charge in [-0.2, -0.15) is 0 Å². The second-order valence-corrected chi connectivity index (χ2v) is 8.57. The lowest BCUT2D eigenvalue weighted by atomic mass is 10.0. The summed E-state index contributed by atoms with van der Waals surface area (Å²) in [7, 11) is 0. The van der Waals surface area contributed by atoms with Crippen LogP contribution in [-0.2, 0) is 16.1 Å². The fraction of sp³-hybridized carbons (Fsp3) is 0.650. The molecular weight excluding hydrogens is 374 g/mol. The molecule has 2 aliphatic carbocycles. The lowest BCUT2D eigenvalue weighted by Gasteiger charge is -2.36. The number of likely N-dealkylation sites (tertiary alicyclic amines) is 1. The summed E-state index contributed by atoms with van der Waals surface area (Å²) in [5.74, 6) is 0.190. The Kier molecular flexibility index (Phi) is 4.40. The lowest BCUT2D eigenvalue weighted by molar-refractivity contribution is -0.133. The van der Waals surface area contributed by atoms with E-state index in [-0.39, 0.29) is 48.6 Å². The molecule has 9 heteroatoms. The van der Waals surface area contributed by atoms with Crippen molar-refractivity contribution in [2.24, 2.45) is 0 Å². The summed E-state index contributed by atoms with van der Waals surface area (Å²) in [6.45, 7) is 1.18. The zero-order valence-corrected chi connectivity index (χ0v) is 16.3. The van der Waals surface area contributed by atoms with Crippen LogP contribution in [-0.4, -0.2) is 73.8 Å². The summed E-state index contributed by atoms with van der Waals surface area (Å²) in [5.41, 5.74) is 0.635. The van der Waals surface area contributed by atoms with Gasteiger partial charge in [0.2, 0.25) is 5.91 Å². The van der Waals surface area contributed by atoms with E-state index < -0.39 is 0 Å². The minimum absolute atomic E-state index is 0.0125. The van der Waals surface area contributed by atoms with Crippen molar-refractivity contribution in [3.8, 4) is 0 Å². The smallest absolute Gasteiger partial charge is 0.327 e. The molecule has 2 saturated carbocycles. The number of piperidine rings is 1. The molecule has 4 fully saturated rings. The summed E-state index contributed by atoms with van der Waals surface area (Å²) in [4.78, 5) is 58.8. The number of hydrogen-bond acceptors (Lipinski definition) is 5. The van der Waals surface area contributed by atoms with E-state index in [1.807, 2.05) is 0 Å². The van der Waals surface area contributed by atoms with Crippen molar-refractivity contribution < 1.29 is 14.4 Å². The molecule has 2 aliphatic heterocycles. The molecule has 0 N–H and O–H groups in total. The number of nitrogens with zero attached hydrogens (tertiary/aromatic N) is 5. The van der Waals surface area contributed by atoms with E-state index >= 15 is 0 Å². The van der Waals surface area contributed by atoms with Gasteiger partial charge >= 0.3 is 6.03 Å². The Morgan fingerprint density at radius 1 is 1.00 bits per heavy atom. The zero-order chi connectivity index (χ0) is 20.1. The van der Waals surface area contributed by atoms with E-state index in [0.29, 0.717) is 31.8 Å².